The van der Waals surface area contributed by atoms with Crippen molar-refractivity contribution in [1.29, 1.82) is 0 Å². The second-order valence-electron chi connectivity index (χ2n) is 3.80. The largest absolute Gasteiger partial charge is 0.305 e. The smallest absolute Gasteiger partial charge is 0.0522 e. The van der Waals surface area contributed by atoms with E-state index in [1.165, 1.54) is 11.3 Å². The van der Waals surface area contributed by atoms with Crippen LogP contribution in [-0.4, -0.2) is 9.78 Å². The zero-order chi connectivity index (χ0) is 11.4. The minimum Gasteiger partial charge on any atom is -0.305 e. The summed E-state index contributed by atoms with van der Waals surface area (Å²) in [5, 5.41) is 12.1. The first kappa shape index (κ1) is 11.4. The second-order valence-corrected chi connectivity index (χ2v) is 4.58. The van der Waals surface area contributed by atoms with Crippen molar-refractivity contribution in [1.82, 2.24) is 15.1 Å². The molecule has 0 saturated carbocycles. The molecular weight excluding hydrogens is 218 g/mol. The summed E-state index contributed by atoms with van der Waals surface area (Å²) in [7, 11) is 0. The van der Waals surface area contributed by atoms with Crippen LogP contribution in [0.3, 0.4) is 0 Å². The standard InChI is InChI=1S/C12H17N3S/c1-3-15-12(4-6-14-15)8-13-10(2)11-5-7-16-9-11/h4-7,9-10,13H,3,8H2,1-2H3. The van der Waals surface area contributed by atoms with Gasteiger partial charge in [0.25, 0.3) is 0 Å². The third-order valence-corrected chi connectivity index (χ3v) is 3.44. The first-order valence-electron chi connectivity index (χ1n) is 5.57. The molecule has 1 unspecified atom stereocenters. The zero-order valence-corrected chi connectivity index (χ0v) is 10.5. The van der Waals surface area contributed by atoms with Gasteiger partial charge in [0, 0.05) is 25.3 Å². The van der Waals surface area contributed by atoms with Crippen LogP contribution >= 0.6 is 11.3 Å². The van der Waals surface area contributed by atoms with Crippen LogP contribution < -0.4 is 5.32 Å². The number of nitrogens with one attached hydrogen (secondary N) is 1. The van der Waals surface area contributed by atoms with E-state index in [0.717, 1.165) is 13.1 Å². The lowest BCUT2D eigenvalue weighted by molar-refractivity contribution is 0.532. The third kappa shape index (κ3) is 2.51. The van der Waals surface area contributed by atoms with Gasteiger partial charge in [-0.05, 0) is 42.3 Å². The lowest BCUT2D eigenvalue weighted by Crippen LogP contribution is -2.19. The van der Waals surface area contributed by atoms with Gasteiger partial charge in [-0.2, -0.15) is 16.4 Å². The maximum Gasteiger partial charge on any atom is 0.0522 e. The number of rotatable bonds is 5. The van der Waals surface area contributed by atoms with Gasteiger partial charge >= 0.3 is 0 Å². The van der Waals surface area contributed by atoms with Gasteiger partial charge in [0.15, 0.2) is 0 Å². The van der Waals surface area contributed by atoms with Crippen LogP contribution in [0.2, 0.25) is 0 Å². The summed E-state index contributed by atoms with van der Waals surface area (Å²) in [6.07, 6.45) is 1.86. The van der Waals surface area contributed by atoms with Crippen molar-refractivity contribution >= 4 is 11.3 Å². The molecule has 0 aliphatic rings. The summed E-state index contributed by atoms with van der Waals surface area (Å²) in [6, 6.07) is 4.63. The van der Waals surface area contributed by atoms with E-state index in [9.17, 15) is 0 Å². The van der Waals surface area contributed by atoms with Gasteiger partial charge < -0.3 is 5.32 Å². The van der Waals surface area contributed by atoms with E-state index in [1.807, 2.05) is 10.9 Å². The summed E-state index contributed by atoms with van der Waals surface area (Å²) in [4.78, 5) is 0. The average molecular weight is 235 g/mol. The number of aryl methyl sites for hydroxylation is 1. The average Bonchev–Trinajstić information content (AvgIpc) is 2.96. The minimum atomic E-state index is 0.395. The van der Waals surface area contributed by atoms with E-state index in [2.05, 4.69) is 47.2 Å². The van der Waals surface area contributed by atoms with E-state index >= 15 is 0 Å². The van der Waals surface area contributed by atoms with E-state index in [1.54, 1.807) is 11.3 Å². The first-order chi connectivity index (χ1) is 7.81. The van der Waals surface area contributed by atoms with Crippen LogP contribution in [0.25, 0.3) is 0 Å². The van der Waals surface area contributed by atoms with E-state index < -0.39 is 0 Å². The van der Waals surface area contributed by atoms with Gasteiger partial charge in [-0.15, -0.1) is 0 Å². The number of nitrogens with zero attached hydrogens (tertiary/aromatic N) is 2. The Kier molecular flexibility index (Phi) is 3.74. The summed E-state index contributed by atoms with van der Waals surface area (Å²) in [6.45, 7) is 6.09. The van der Waals surface area contributed by atoms with Gasteiger partial charge in [-0.25, -0.2) is 0 Å². The van der Waals surface area contributed by atoms with Gasteiger partial charge in [0.1, 0.15) is 0 Å². The van der Waals surface area contributed by atoms with Crippen molar-refractivity contribution in [3.05, 3.63) is 40.3 Å². The zero-order valence-electron chi connectivity index (χ0n) is 9.68. The lowest BCUT2D eigenvalue weighted by atomic mass is 10.2. The molecule has 0 aliphatic carbocycles. The van der Waals surface area contributed by atoms with Crippen LogP contribution in [0.4, 0.5) is 0 Å². The molecule has 2 aromatic heterocycles. The maximum absolute atomic E-state index is 4.25. The van der Waals surface area contributed by atoms with Gasteiger partial charge in [0.05, 0.1) is 5.69 Å². The Bertz CT molecular complexity index is 419. The Hall–Kier alpha value is -1.13. The molecule has 86 valence electrons. The molecule has 0 radical (unpaired) electrons. The molecule has 0 bridgehead atoms. The number of thiophene rings is 1. The Labute approximate surface area is 100 Å². The fraction of sp³-hybridized carbons (Fsp3) is 0.417. The molecule has 0 amide bonds. The molecule has 2 aromatic rings. The van der Waals surface area contributed by atoms with Crippen molar-refractivity contribution in [2.75, 3.05) is 0 Å². The Balaban J connectivity index is 1.92. The molecular formula is C12H17N3S. The summed E-state index contributed by atoms with van der Waals surface area (Å²) in [5.41, 5.74) is 2.59. The summed E-state index contributed by atoms with van der Waals surface area (Å²) >= 11 is 1.74. The number of hydrogen-bond acceptors (Lipinski definition) is 3. The van der Waals surface area contributed by atoms with Crippen molar-refractivity contribution in [3.8, 4) is 0 Å². The quantitative estimate of drug-likeness (QED) is 0.863. The highest BCUT2D eigenvalue weighted by atomic mass is 32.1. The summed E-state index contributed by atoms with van der Waals surface area (Å²) in [5.74, 6) is 0. The highest BCUT2D eigenvalue weighted by molar-refractivity contribution is 7.07. The van der Waals surface area contributed by atoms with Crippen LogP contribution in [-0.2, 0) is 13.1 Å². The lowest BCUT2D eigenvalue weighted by Gasteiger charge is -2.13. The van der Waals surface area contributed by atoms with E-state index in [-0.39, 0.29) is 0 Å². The highest BCUT2D eigenvalue weighted by Crippen LogP contribution is 2.16. The normalized spacial score (nSPS) is 12.9. The number of hydrogen-bond donors (Lipinski definition) is 1. The van der Waals surface area contributed by atoms with Gasteiger partial charge in [-0.1, -0.05) is 0 Å². The number of aromatic nitrogens is 2. The summed E-state index contributed by atoms with van der Waals surface area (Å²) < 4.78 is 2.02. The fourth-order valence-electron chi connectivity index (χ4n) is 1.69. The molecule has 0 spiro atoms. The molecule has 0 saturated heterocycles. The van der Waals surface area contributed by atoms with Gasteiger partial charge in [-0.3, -0.25) is 4.68 Å². The molecule has 4 heteroatoms. The fourth-order valence-corrected chi connectivity index (χ4v) is 2.45. The Morgan fingerprint density at radius 3 is 3.06 bits per heavy atom. The van der Waals surface area contributed by atoms with Crippen LogP contribution in [0, 0.1) is 0 Å². The van der Waals surface area contributed by atoms with Crippen LogP contribution in [0.1, 0.15) is 31.1 Å². The minimum absolute atomic E-state index is 0.395. The SMILES string of the molecule is CCn1nccc1CNC(C)c1ccsc1. The predicted molar refractivity (Wildman–Crippen MR) is 67.5 cm³/mol. The van der Waals surface area contributed by atoms with Crippen molar-refractivity contribution in [3.63, 3.8) is 0 Å². The molecule has 3 nitrogen and oxygen atoms in total. The molecule has 2 rings (SSSR count). The maximum atomic E-state index is 4.25. The monoisotopic (exact) mass is 235 g/mol. The van der Waals surface area contributed by atoms with E-state index in [4.69, 9.17) is 0 Å². The van der Waals surface area contributed by atoms with Crippen LogP contribution in [0.5, 0.6) is 0 Å². The molecule has 0 aliphatic heterocycles. The van der Waals surface area contributed by atoms with E-state index in [0.29, 0.717) is 6.04 Å². The molecule has 0 aromatic carbocycles. The van der Waals surface area contributed by atoms with Crippen LogP contribution in [0.15, 0.2) is 29.1 Å². The topological polar surface area (TPSA) is 29.9 Å². The first-order valence-corrected chi connectivity index (χ1v) is 6.51. The Morgan fingerprint density at radius 1 is 1.50 bits per heavy atom. The van der Waals surface area contributed by atoms with Crippen molar-refractivity contribution in [2.45, 2.75) is 33.0 Å². The molecule has 16 heavy (non-hydrogen) atoms. The Morgan fingerprint density at radius 2 is 2.38 bits per heavy atom. The van der Waals surface area contributed by atoms with Crippen molar-refractivity contribution in [2.24, 2.45) is 0 Å². The highest BCUT2D eigenvalue weighted by Gasteiger charge is 2.06. The molecule has 1 atom stereocenters. The molecule has 0 fully saturated rings. The van der Waals surface area contributed by atoms with Crippen molar-refractivity contribution < 1.29 is 0 Å². The predicted octanol–water partition coefficient (Wildman–Crippen LogP) is 2.82. The van der Waals surface area contributed by atoms with Gasteiger partial charge in [0.2, 0.25) is 0 Å². The molecule has 1 N–H and O–H groups in total. The second kappa shape index (κ2) is 5.27. The molecule has 2 heterocycles. The third-order valence-electron chi connectivity index (χ3n) is 2.74.